The van der Waals surface area contributed by atoms with Gasteiger partial charge in [0.05, 0.1) is 37.0 Å². The Morgan fingerprint density at radius 2 is 1.59 bits per heavy atom. The predicted molar refractivity (Wildman–Crippen MR) is 106 cm³/mol. The Morgan fingerprint density at radius 1 is 0.931 bits per heavy atom. The Labute approximate surface area is 172 Å². The Balaban J connectivity index is 1.94. The van der Waals surface area contributed by atoms with Crippen LogP contribution in [0, 0.1) is 0 Å². The second kappa shape index (κ2) is 10.3. The van der Waals surface area contributed by atoms with E-state index < -0.39 is 24.5 Å². The standard InChI is InChI=1S/C20H20ClNO7/c1-4-28-19(24)12-5-7-14(8-6-12)22-17(23)11-29-20(25)13-9-15(21)18(27-3)16(10-13)26-2/h5-10H,4,11H2,1-3H3,(H,22,23). The minimum Gasteiger partial charge on any atom is -0.493 e. The first-order valence-corrected chi connectivity index (χ1v) is 8.93. The lowest BCUT2D eigenvalue weighted by atomic mass is 10.2. The number of methoxy groups -OCH3 is 2. The maximum atomic E-state index is 12.2. The number of anilines is 1. The molecule has 0 aromatic heterocycles. The summed E-state index contributed by atoms with van der Waals surface area (Å²) < 4.78 is 20.1. The summed E-state index contributed by atoms with van der Waals surface area (Å²) in [4.78, 5) is 35.8. The van der Waals surface area contributed by atoms with Gasteiger partial charge in [0.25, 0.3) is 5.91 Å². The van der Waals surface area contributed by atoms with Crippen LogP contribution in [0.1, 0.15) is 27.6 Å². The van der Waals surface area contributed by atoms with E-state index in [1.807, 2.05) is 0 Å². The van der Waals surface area contributed by atoms with Gasteiger partial charge in [0.15, 0.2) is 18.1 Å². The number of hydrogen-bond donors (Lipinski definition) is 1. The van der Waals surface area contributed by atoms with E-state index in [-0.39, 0.29) is 28.7 Å². The summed E-state index contributed by atoms with van der Waals surface area (Å²) >= 11 is 6.06. The average molecular weight is 422 g/mol. The second-order valence-electron chi connectivity index (χ2n) is 5.62. The van der Waals surface area contributed by atoms with Crippen LogP contribution in [0.25, 0.3) is 0 Å². The molecular formula is C20H20ClNO7. The molecule has 0 aliphatic heterocycles. The molecule has 0 heterocycles. The molecule has 0 unspecified atom stereocenters. The van der Waals surface area contributed by atoms with Gasteiger partial charge in [-0.1, -0.05) is 11.6 Å². The molecule has 1 amide bonds. The van der Waals surface area contributed by atoms with Crippen molar-refractivity contribution in [2.75, 3.05) is 32.8 Å². The third-order valence-electron chi connectivity index (χ3n) is 3.68. The Hall–Kier alpha value is -3.26. The summed E-state index contributed by atoms with van der Waals surface area (Å²) in [6.07, 6.45) is 0. The SMILES string of the molecule is CCOC(=O)c1ccc(NC(=O)COC(=O)c2cc(Cl)c(OC)c(OC)c2)cc1. The summed E-state index contributed by atoms with van der Waals surface area (Å²) in [5, 5.41) is 2.73. The number of rotatable bonds is 8. The van der Waals surface area contributed by atoms with Gasteiger partial charge in [0.2, 0.25) is 0 Å². The first kappa shape index (κ1) is 22.0. The molecule has 8 nitrogen and oxygen atoms in total. The lowest BCUT2D eigenvalue weighted by Crippen LogP contribution is -2.21. The topological polar surface area (TPSA) is 100 Å². The van der Waals surface area contributed by atoms with Crippen molar-refractivity contribution in [2.24, 2.45) is 0 Å². The molecule has 2 aromatic rings. The third kappa shape index (κ3) is 5.86. The van der Waals surface area contributed by atoms with E-state index in [4.69, 9.17) is 30.5 Å². The smallest absolute Gasteiger partial charge is 0.338 e. The zero-order valence-corrected chi connectivity index (χ0v) is 16.9. The molecule has 0 radical (unpaired) electrons. The molecule has 2 aromatic carbocycles. The van der Waals surface area contributed by atoms with E-state index in [0.29, 0.717) is 11.3 Å². The molecule has 1 N–H and O–H groups in total. The van der Waals surface area contributed by atoms with E-state index in [1.54, 1.807) is 19.1 Å². The van der Waals surface area contributed by atoms with Crippen LogP contribution in [0.4, 0.5) is 5.69 Å². The van der Waals surface area contributed by atoms with Crippen molar-refractivity contribution in [1.29, 1.82) is 0 Å². The van der Waals surface area contributed by atoms with Crippen LogP contribution in [-0.4, -0.2) is 45.3 Å². The highest BCUT2D eigenvalue weighted by atomic mass is 35.5. The first-order valence-electron chi connectivity index (χ1n) is 8.55. The van der Waals surface area contributed by atoms with Crippen LogP contribution in [0.5, 0.6) is 11.5 Å². The number of nitrogens with one attached hydrogen (secondary N) is 1. The molecule has 0 atom stereocenters. The normalized spacial score (nSPS) is 10.1. The van der Waals surface area contributed by atoms with Crippen LogP contribution in [0.3, 0.4) is 0 Å². The first-order chi connectivity index (χ1) is 13.9. The average Bonchev–Trinajstić information content (AvgIpc) is 2.72. The molecule has 0 saturated carbocycles. The fourth-order valence-corrected chi connectivity index (χ4v) is 2.64. The lowest BCUT2D eigenvalue weighted by molar-refractivity contribution is -0.119. The Morgan fingerprint density at radius 3 is 2.17 bits per heavy atom. The molecule has 0 bridgehead atoms. The number of carbonyl (C=O) groups excluding carboxylic acids is 3. The number of halogens is 1. The van der Waals surface area contributed by atoms with Crippen molar-refractivity contribution in [1.82, 2.24) is 0 Å². The van der Waals surface area contributed by atoms with Crippen LogP contribution in [0.2, 0.25) is 5.02 Å². The van der Waals surface area contributed by atoms with E-state index in [0.717, 1.165) is 0 Å². The van der Waals surface area contributed by atoms with Crippen molar-refractivity contribution in [3.8, 4) is 11.5 Å². The van der Waals surface area contributed by atoms with Gasteiger partial charge in [-0.3, -0.25) is 4.79 Å². The van der Waals surface area contributed by atoms with Crippen molar-refractivity contribution < 1.29 is 33.3 Å². The van der Waals surface area contributed by atoms with Crippen LogP contribution < -0.4 is 14.8 Å². The van der Waals surface area contributed by atoms with Crippen molar-refractivity contribution >= 4 is 35.1 Å². The highest BCUT2D eigenvalue weighted by molar-refractivity contribution is 6.32. The van der Waals surface area contributed by atoms with Gasteiger partial charge in [-0.15, -0.1) is 0 Å². The van der Waals surface area contributed by atoms with E-state index in [1.165, 1.54) is 38.5 Å². The summed E-state index contributed by atoms with van der Waals surface area (Å²) in [5.74, 6) is -1.20. The van der Waals surface area contributed by atoms with Gasteiger partial charge in [0, 0.05) is 5.69 Å². The monoisotopic (exact) mass is 421 g/mol. The van der Waals surface area contributed by atoms with Gasteiger partial charge in [-0.25, -0.2) is 9.59 Å². The maximum Gasteiger partial charge on any atom is 0.338 e. The van der Waals surface area contributed by atoms with Crippen LogP contribution in [0.15, 0.2) is 36.4 Å². The molecule has 9 heteroatoms. The van der Waals surface area contributed by atoms with Crippen LogP contribution in [-0.2, 0) is 14.3 Å². The van der Waals surface area contributed by atoms with Gasteiger partial charge in [-0.2, -0.15) is 0 Å². The third-order valence-corrected chi connectivity index (χ3v) is 3.96. The summed E-state index contributed by atoms with van der Waals surface area (Å²) in [5.41, 5.74) is 0.911. The molecule has 0 spiro atoms. The molecular weight excluding hydrogens is 402 g/mol. The number of carbonyl (C=O) groups is 3. The molecule has 0 aliphatic carbocycles. The zero-order valence-electron chi connectivity index (χ0n) is 16.1. The number of amides is 1. The zero-order chi connectivity index (χ0) is 21.4. The minimum atomic E-state index is -0.749. The second-order valence-corrected chi connectivity index (χ2v) is 6.02. The number of esters is 2. The van der Waals surface area contributed by atoms with Gasteiger partial charge in [0.1, 0.15) is 0 Å². The number of benzene rings is 2. The maximum absolute atomic E-state index is 12.2. The lowest BCUT2D eigenvalue weighted by Gasteiger charge is -2.11. The molecule has 0 fully saturated rings. The predicted octanol–water partition coefficient (Wildman–Crippen LogP) is 3.33. The summed E-state index contributed by atoms with van der Waals surface area (Å²) in [6, 6.07) is 8.88. The van der Waals surface area contributed by atoms with Gasteiger partial charge in [-0.05, 0) is 43.3 Å². The quantitative estimate of drug-likeness (QED) is 0.652. The highest BCUT2D eigenvalue weighted by Crippen LogP contribution is 2.36. The Kier molecular flexibility index (Phi) is 7.85. The van der Waals surface area contributed by atoms with Crippen molar-refractivity contribution in [2.45, 2.75) is 6.92 Å². The van der Waals surface area contributed by atoms with Crippen molar-refractivity contribution in [3.05, 3.63) is 52.5 Å². The number of hydrogen-bond acceptors (Lipinski definition) is 7. The van der Waals surface area contributed by atoms with Gasteiger partial charge < -0.3 is 24.3 Å². The largest absolute Gasteiger partial charge is 0.493 e. The minimum absolute atomic E-state index is 0.110. The molecule has 2 rings (SSSR count). The fourth-order valence-electron chi connectivity index (χ4n) is 2.35. The molecule has 154 valence electrons. The molecule has 0 saturated heterocycles. The van der Waals surface area contributed by atoms with Crippen LogP contribution >= 0.6 is 11.6 Å². The van der Waals surface area contributed by atoms with Gasteiger partial charge >= 0.3 is 11.9 Å². The molecule has 29 heavy (non-hydrogen) atoms. The Bertz CT molecular complexity index is 896. The van der Waals surface area contributed by atoms with E-state index in [2.05, 4.69) is 5.32 Å². The van der Waals surface area contributed by atoms with E-state index in [9.17, 15) is 14.4 Å². The summed E-state index contributed by atoms with van der Waals surface area (Å²) in [6.45, 7) is 1.47. The highest BCUT2D eigenvalue weighted by Gasteiger charge is 2.17. The molecule has 0 aliphatic rings. The number of ether oxygens (including phenoxy) is 4. The van der Waals surface area contributed by atoms with Crippen molar-refractivity contribution in [3.63, 3.8) is 0 Å². The fraction of sp³-hybridized carbons (Fsp3) is 0.250. The summed E-state index contributed by atoms with van der Waals surface area (Å²) in [7, 11) is 2.83. The van der Waals surface area contributed by atoms with E-state index >= 15 is 0 Å².